The lowest BCUT2D eigenvalue weighted by Crippen LogP contribution is -2.02. The van der Waals surface area contributed by atoms with Gasteiger partial charge in [0.25, 0.3) is 0 Å². The largest absolute Gasteiger partial charge is 0.496 e. The Hall–Kier alpha value is -2.07. The number of para-hydroxylation sites is 1. The number of carbonyl (C=O) groups is 1. The highest BCUT2D eigenvalue weighted by molar-refractivity contribution is 7.12. The van der Waals surface area contributed by atoms with E-state index in [1.54, 1.807) is 7.11 Å². The summed E-state index contributed by atoms with van der Waals surface area (Å²) in [6.07, 6.45) is 1.14. The molecule has 3 nitrogen and oxygen atoms in total. The first kappa shape index (κ1) is 12.4. The lowest BCUT2D eigenvalue weighted by Gasteiger charge is -2.08. The molecule has 0 saturated heterocycles. The van der Waals surface area contributed by atoms with Crippen molar-refractivity contribution >= 4 is 17.3 Å². The van der Waals surface area contributed by atoms with Crippen LogP contribution in [-0.2, 0) is 4.79 Å². The van der Waals surface area contributed by atoms with Gasteiger partial charge in [-0.25, -0.2) is 4.79 Å². The second kappa shape index (κ2) is 5.51. The number of thiophene rings is 1. The first-order valence-corrected chi connectivity index (χ1v) is 6.19. The van der Waals surface area contributed by atoms with E-state index in [9.17, 15) is 4.79 Å². The highest BCUT2D eigenvalue weighted by Crippen LogP contribution is 2.39. The van der Waals surface area contributed by atoms with Crippen LogP contribution in [0.3, 0.4) is 0 Å². The fourth-order valence-corrected chi connectivity index (χ4v) is 2.34. The second-order valence-corrected chi connectivity index (χ2v) is 4.33. The molecule has 1 heterocycles. The summed E-state index contributed by atoms with van der Waals surface area (Å²) in [4.78, 5) is 11.3. The van der Waals surface area contributed by atoms with E-state index in [0.29, 0.717) is 5.06 Å². The van der Waals surface area contributed by atoms with Gasteiger partial charge in [0.05, 0.1) is 7.11 Å². The average Bonchev–Trinajstić information content (AvgIpc) is 2.86. The van der Waals surface area contributed by atoms with Crippen LogP contribution in [0.5, 0.6) is 10.8 Å². The molecule has 0 radical (unpaired) electrons. The van der Waals surface area contributed by atoms with Gasteiger partial charge in [-0.2, -0.15) is 0 Å². The van der Waals surface area contributed by atoms with E-state index in [0.717, 1.165) is 23.0 Å². The summed E-state index contributed by atoms with van der Waals surface area (Å²) in [5.41, 5.74) is 1.74. The van der Waals surface area contributed by atoms with Crippen LogP contribution in [-0.4, -0.2) is 13.1 Å². The summed E-state index contributed by atoms with van der Waals surface area (Å²) in [5, 5.41) is 2.41. The van der Waals surface area contributed by atoms with E-state index < -0.39 is 5.97 Å². The number of ether oxygens (including phenoxy) is 2. The molecular weight excluding hydrogens is 248 g/mol. The predicted octanol–water partition coefficient (Wildman–Crippen LogP) is 3.52. The van der Waals surface area contributed by atoms with E-state index in [1.165, 1.54) is 11.3 Å². The van der Waals surface area contributed by atoms with Gasteiger partial charge in [-0.05, 0) is 17.5 Å². The van der Waals surface area contributed by atoms with E-state index in [-0.39, 0.29) is 0 Å². The molecule has 0 unspecified atom stereocenters. The van der Waals surface area contributed by atoms with Crippen molar-refractivity contribution in [2.24, 2.45) is 0 Å². The number of esters is 1. The van der Waals surface area contributed by atoms with Gasteiger partial charge in [-0.1, -0.05) is 24.8 Å². The molecule has 2 aromatic rings. The maximum absolute atomic E-state index is 11.3. The normalized spacial score (nSPS) is 9.83. The molecule has 0 aliphatic heterocycles. The van der Waals surface area contributed by atoms with Gasteiger partial charge in [0.2, 0.25) is 0 Å². The summed E-state index contributed by atoms with van der Waals surface area (Å²) < 4.78 is 10.5. The van der Waals surface area contributed by atoms with Gasteiger partial charge < -0.3 is 9.47 Å². The molecule has 0 atom stereocenters. The fourth-order valence-electron chi connectivity index (χ4n) is 1.57. The molecule has 0 aliphatic carbocycles. The summed E-state index contributed by atoms with van der Waals surface area (Å²) in [6.45, 7) is 3.38. The van der Waals surface area contributed by atoms with E-state index >= 15 is 0 Å². The molecule has 92 valence electrons. The van der Waals surface area contributed by atoms with E-state index in [2.05, 4.69) is 6.58 Å². The highest BCUT2D eigenvalue weighted by atomic mass is 32.1. The van der Waals surface area contributed by atoms with Gasteiger partial charge in [0.15, 0.2) is 5.06 Å². The van der Waals surface area contributed by atoms with Crippen molar-refractivity contribution in [1.29, 1.82) is 0 Å². The molecule has 1 aromatic heterocycles. The van der Waals surface area contributed by atoms with Crippen molar-refractivity contribution < 1.29 is 14.3 Å². The fraction of sp³-hybridized carbons (Fsp3) is 0.0714. The maximum atomic E-state index is 11.3. The van der Waals surface area contributed by atoms with Crippen LogP contribution in [0.25, 0.3) is 11.1 Å². The Morgan fingerprint density at radius 2 is 2.06 bits per heavy atom. The monoisotopic (exact) mass is 260 g/mol. The smallest absolute Gasteiger partial charge is 0.336 e. The third-order valence-corrected chi connectivity index (χ3v) is 3.18. The number of rotatable bonds is 4. The highest BCUT2D eigenvalue weighted by Gasteiger charge is 2.14. The van der Waals surface area contributed by atoms with Crippen molar-refractivity contribution in [3.63, 3.8) is 0 Å². The zero-order valence-electron chi connectivity index (χ0n) is 9.88. The number of carbonyl (C=O) groups excluding carboxylic acids is 1. The predicted molar refractivity (Wildman–Crippen MR) is 72.1 cm³/mol. The molecular formula is C14H12O3S. The Morgan fingerprint density at radius 3 is 2.78 bits per heavy atom. The van der Waals surface area contributed by atoms with Gasteiger partial charge >= 0.3 is 5.97 Å². The van der Waals surface area contributed by atoms with Crippen LogP contribution >= 0.6 is 11.3 Å². The third kappa shape index (κ3) is 2.43. The van der Waals surface area contributed by atoms with Crippen LogP contribution in [0.2, 0.25) is 0 Å². The first-order valence-electron chi connectivity index (χ1n) is 5.31. The van der Waals surface area contributed by atoms with Crippen LogP contribution < -0.4 is 9.47 Å². The SMILES string of the molecule is C=CC(=O)Oc1sccc1-c1ccccc1OC. The van der Waals surface area contributed by atoms with Gasteiger partial charge in [-0.3, -0.25) is 0 Å². The van der Waals surface area contributed by atoms with Crippen molar-refractivity contribution in [1.82, 2.24) is 0 Å². The van der Waals surface area contributed by atoms with Crippen molar-refractivity contribution in [3.8, 4) is 21.9 Å². The van der Waals surface area contributed by atoms with E-state index in [4.69, 9.17) is 9.47 Å². The molecule has 0 N–H and O–H groups in total. The van der Waals surface area contributed by atoms with Crippen molar-refractivity contribution in [2.45, 2.75) is 0 Å². The molecule has 4 heteroatoms. The summed E-state index contributed by atoms with van der Waals surface area (Å²) in [6, 6.07) is 9.49. The average molecular weight is 260 g/mol. The standard InChI is InChI=1S/C14H12O3S/c1-3-13(15)17-14-11(8-9-18-14)10-6-4-5-7-12(10)16-2/h3-9H,1H2,2H3. The molecule has 0 aliphatic rings. The van der Waals surface area contributed by atoms with E-state index in [1.807, 2.05) is 35.7 Å². The minimum Gasteiger partial charge on any atom is -0.496 e. The Balaban J connectivity index is 2.42. The lowest BCUT2D eigenvalue weighted by molar-refractivity contribution is -0.128. The Kier molecular flexibility index (Phi) is 3.79. The van der Waals surface area contributed by atoms with Gasteiger partial charge in [-0.15, -0.1) is 11.3 Å². The Morgan fingerprint density at radius 1 is 1.28 bits per heavy atom. The first-order chi connectivity index (χ1) is 8.76. The van der Waals surface area contributed by atoms with Crippen molar-refractivity contribution in [3.05, 3.63) is 48.4 Å². The maximum Gasteiger partial charge on any atom is 0.336 e. The Bertz CT molecular complexity index is 572. The minimum absolute atomic E-state index is 0.464. The zero-order chi connectivity index (χ0) is 13.0. The summed E-state index contributed by atoms with van der Waals surface area (Å²) in [5.74, 6) is 0.278. The zero-order valence-corrected chi connectivity index (χ0v) is 10.7. The molecule has 18 heavy (non-hydrogen) atoms. The number of hydrogen-bond acceptors (Lipinski definition) is 4. The Labute approximate surface area is 109 Å². The molecule has 1 aromatic carbocycles. The van der Waals surface area contributed by atoms with Gasteiger partial charge in [0, 0.05) is 17.2 Å². The number of hydrogen-bond donors (Lipinski definition) is 0. The summed E-state index contributed by atoms with van der Waals surface area (Å²) in [7, 11) is 1.61. The molecule has 0 spiro atoms. The van der Waals surface area contributed by atoms with Crippen molar-refractivity contribution in [2.75, 3.05) is 7.11 Å². The second-order valence-electron chi connectivity index (χ2n) is 3.45. The minimum atomic E-state index is -0.464. The van der Waals surface area contributed by atoms with Gasteiger partial charge in [0.1, 0.15) is 5.75 Å². The molecule has 0 amide bonds. The molecule has 2 rings (SSSR count). The topological polar surface area (TPSA) is 35.5 Å². The number of benzene rings is 1. The molecule has 0 bridgehead atoms. The third-order valence-electron chi connectivity index (χ3n) is 2.39. The van der Waals surface area contributed by atoms with Crippen LogP contribution in [0.4, 0.5) is 0 Å². The number of methoxy groups -OCH3 is 1. The quantitative estimate of drug-likeness (QED) is 0.623. The lowest BCUT2D eigenvalue weighted by atomic mass is 10.1. The van der Waals surface area contributed by atoms with Crippen LogP contribution in [0, 0.1) is 0 Å². The molecule has 0 saturated carbocycles. The van der Waals surface area contributed by atoms with Crippen LogP contribution in [0.15, 0.2) is 48.4 Å². The molecule has 0 fully saturated rings. The van der Waals surface area contributed by atoms with Crippen LogP contribution in [0.1, 0.15) is 0 Å². The summed E-state index contributed by atoms with van der Waals surface area (Å²) >= 11 is 1.36.